The molecular weight excluding hydrogens is 358 g/mol. The Morgan fingerprint density at radius 2 is 2.11 bits per heavy atom. The zero-order valence-electron chi connectivity index (χ0n) is 15.8. The van der Waals surface area contributed by atoms with E-state index >= 15 is 0 Å². The number of carbonyl (C=O) groups excluding carboxylic acids is 1. The van der Waals surface area contributed by atoms with Gasteiger partial charge in [0.25, 0.3) is 11.8 Å². The molecule has 0 N–H and O–H groups in total. The van der Waals surface area contributed by atoms with Crippen LogP contribution in [-0.2, 0) is 24.5 Å². The quantitative estimate of drug-likeness (QED) is 0.625. The van der Waals surface area contributed by atoms with E-state index in [0.29, 0.717) is 37.1 Å². The van der Waals surface area contributed by atoms with Gasteiger partial charge in [0.2, 0.25) is 0 Å². The fourth-order valence-electron chi connectivity index (χ4n) is 3.48. The number of hydrogen-bond acceptors (Lipinski definition) is 6. The van der Waals surface area contributed by atoms with Crippen LogP contribution in [0.3, 0.4) is 0 Å². The van der Waals surface area contributed by atoms with E-state index in [-0.39, 0.29) is 18.6 Å². The number of rotatable bonds is 7. The van der Waals surface area contributed by atoms with Gasteiger partial charge in [-0.3, -0.25) is 9.48 Å². The first-order valence-corrected chi connectivity index (χ1v) is 9.53. The lowest BCUT2D eigenvalue weighted by atomic mass is 10.2. The van der Waals surface area contributed by atoms with Crippen LogP contribution >= 0.6 is 0 Å². The van der Waals surface area contributed by atoms with Gasteiger partial charge in [-0.15, -0.1) is 0 Å². The standard InChI is InChI=1S/C20H23N5O3/c1-2-25-17(10-11-21-25)20(26)24-12-6-9-16(24)19-22-18(28-23-19)14-27-13-15-7-4-3-5-8-15/h3-5,7-8,10-11,16H,2,6,9,12-14H2,1H3. The largest absolute Gasteiger partial charge is 0.367 e. The number of amides is 1. The molecule has 1 unspecified atom stereocenters. The lowest BCUT2D eigenvalue weighted by Gasteiger charge is -2.22. The van der Waals surface area contributed by atoms with Gasteiger partial charge < -0.3 is 14.2 Å². The Kier molecular flexibility index (Phi) is 5.48. The fraction of sp³-hybridized carbons (Fsp3) is 0.400. The topological polar surface area (TPSA) is 86.3 Å². The van der Waals surface area contributed by atoms with Crippen LogP contribution < -0.4 is 0 Å². The summed E-state index contributed by atoms with van der Waals surface area (Å²) in [6.45, 7) is 4.01. The summed E-state index contributed by atoms with van der Waals surface area (Å²) in [5.41, 5.74) is 1.67. The van der Waals surface area contributed by atoms with Gasteiger partial charge in [-0.25, -0.2) is 0 Å². The van der Waals surface area contributed by atoms with Crippen molar-refractivity contribution in [2.45, 2.75) is 45.6 Å². The molecular formula is C20H23N5O3. The van der Waals surface area contributed by atoms with Gasteiger partial charge in [-0.05, 0) is 31.4 Å². The molecule has 1 aliphatic heterocycles. The summed E-state index contributed by atoms with van der Waals surface area (Å²) in [6, 6.07) is 11.5. The molecule has 0 bridgehead atoms. The number of ether oxygens (including phenoxy) is 1. The van der Waals surface area contributed by atoms with E-state index in [1.54, 1.807) is 16.9 Å². The highest BCUT2D eigenvalue weighted by molar-refractivity contribution is 5.93. The molecule has 8 nitrogen and oxygen atoms in total. The SMILES string of the molecule is CCn1nccc1C(=O)N1CCCC1c1noc(COCc2ccccc2)n1. The molecule has 0 aliphatic carbocycles. The highest BCUT2D eigenvalue weighted by Gasteiger charge is 2.35. The molecule has 0 radical (unpaired) electrons. The van der Waals surface area contributed by atoms with Crippen LogP contribution in [0.1, 0.15) is 53.6 Å². The molecule has 4 rings (SSSR count). The second-order valence-corrected chi connectivity index (χ2v) is 6.71. The number of likely N-dealkylation sites (tertiary alicyclic amines) is 1. The van der Waals surface area contributed by atoms with Crippen LogP contribution in [0.2, 0.25) is 0 Å². The summed E-state index contributed by atoms with van der Waals surface area (Å²) in [4.78, 5) is 19.2. The Morgan fingerprint density at radius 3 is 2.93 bits per heavy atom. The predicted octanol–water partition coefficient (Wildman–Crippen LogP) is 2.98. The number of hydrogen-bond donors (Lipinski definition) is 0. The molecule has 1 saturated heterocycles. The second-order valence-electron chi connectivity index (χ2n) is 6.71. The van der Waals surface area contributed by atoms with Crippen molar-refractivity contribution in [1.29, 1.82) is 0 Å². The Bertz CT molecular complexity index is 921. The minimum absolute atomic E-state index is 0.0477. The van der Waals surface area contributed by atoms with Crippen molar-refractivity contribution in [3.05, 3.63) is 65.6 Å². The molecule has 8 heteroatoms. The Labute approximate surface area is 163 Å². The van der Waals surface area contributed by atoms with Crippen LogP contribution in [0.4, 0.5) is 0 Å². The predicted molar refractivity (Wildman–Crippen MR) is 100 cm³/mol. The van der Waals surface area contributed by atoms with Gasteiger partial charge >= 0.3 is 0 Å². The molecule has 1 aliphatic rings. The molecule has 0 saturated carbocycles. The molecule has 28 heavy (non-hydrogen) atoms. The third kappa shape index (κ3) is 3.82. The van der Waals surface area contributed by atoms with Crippen molar-refractivity contribution in [3.63, 3.8) is 0 Å². The summed E-state index contributed by atoms with van der Waals surface area (Å²) in [6.07, 6.45) is 3.37. The first kappa shape index (κ1) is 18.4. The number of nitrogens with zero attached hydrogens (tertiary/aromatic N) is 5. The summed E-state index contributed by atoms with van der Waals surface area (Å²) < 4.78 is 12.7. The van der Waals surface area contributed by atoms with Crippen molar-refractivity contribution in [3.8, 4) is 0 Å². The van der Waals surface area contributed by atoms with Gasteiger partial charge in [-0.2, -0.15) is 10.1 Å². The maximum atomic E-state index is 13.0. The number of benzene rings is 1. The Balaban J connectivity index is 1.40. The average molecular weight is 381 g/mol. The van der Waals surface area contributed by atoms with Crippen LogP contribution in [0, 0.1) is 0 Å². The van der Waals surface area contributed by atoms with E-state index in [0.717, 1.165) is 18.4 Å². The number of aryl methyl sites for hydroxylation is 1. The molecule has 1 amide bonds. The second kappa shape index (κ2) is 8.35. The molecule has 2 aromatic heterocycles. The average Bonchev–Trinajstić information content (AvgIpc) is 3.47. The smallest absolute Gasteiger partial charge is 0.272 e. The molecule has 146 valence electrons. The Morgan fingerprint density at radius 1 is 1.25 bits per heavy atom. The summed E-state index contributed by atoms with van der Waals surface area (Å²) >= 11 is 0. The highest BCUT2D eigenvalue weighted by atomic mass is 16.5. The first-order valence-electron chi connectivity index (χ1n) is 9.53. The third-order valence-electron chi connectivity index (χ3n) is 4.87. The lowest BCUT2D eigenvalue weighted by molar-refractivity contribution is 0.0715. The first-order chi connectivity index (χ1) is 13.8. The summed E-state index contributed by atoms with van der Waals surface area (Å²) in [7, 11) is 0. The van der Waals surface area contributed by atoms with Crippen LogP contribution in [-0.4, -0.2) is 37.3 Å². The molecule has 3 heterocycles. The van der Waals surface area contributed by atoms with Crippen LogP contribution in [0.25, 0.3) is 0 Å². The van der Waals surface area contributed by atoms with Crippen molar-refractivity contribution in [1.82, 2.24) is 24.8 Å². The van der Waals surface area contributed by atoms with Gasteiger partial charge in [-0.1, -0.05) is 35.5 Å². The van der Waals surface area contributed by atoms with Crippen molar-refractivity contribution < 1.29 is 14.1 Å². The van der Waals surface area contributed by atoms with E-state index in [1.165, 1.54) is 0 Å². The monoisotopic (exact) mass is 381 g/mol. The summed E-state index contributed by atoms with van der Waals surface area (Å²) in [5, 5.41) is 8.29. The minimum atomic E-state index is -0.181. The maximum Gasteiger partial charge on any atom is 0.272 e. The third-order valence-corrected chi connectivity index (χ3v) is 4.87. The molecule has 1 fully saturated rings. The highest BCUT2D eigenvalue weighted by Crippen LogP contribution is 2.31. The van der Waals surface area contributed by atoms with E-state index in [4.69, 9.17) is 9.26 Å². The molecule has 0 spiro atoms. The Hall–Kier alpha value is -3.00. The molecule has 1 aromatic carbocycles. The zero-order valence-corrected chi connectivity index (χ0v) is 15.8. The normalized spacial score (nSPS) is 16.6. The van der Waals surface area contributed by atoms with Gasteiger partial charge in [0, 0.05) is 19.3 Å². The summed E-state index contributed by atoms with van der Waals surface area (Å²) in [5.74, 6) is 0.907. The van der Waals surface area contributed by atoms with Crippen molar-refractivity contribution in [2.75, 3.05) is 6.54 Å². The van der Waals surface area contributed by atoms with Crippen LogP contribution in [0.15, 0.2) is 47.1 Å². The van der Waals surface area contributed by atoms with E-state index in [2.05, 4.69) is 15.2 Å². The molecule has 3 aromatic rings. The van der Waals surface area contributed by atoms with Gasteiger partial charge in [0.1, 0.15) is 12.3 Å². The zero-order chi connectivity index (χ0) is 19.3. The van der Waals surface area contributed by atoms with Crippen molar-refractivity contribution in [2.24, 2.45) is 0 Å². The van der Waals surface area contributed by atoms with E-state index < -0.39 is 0 Å². The van der Waals surface area contributed by atoms with Gasteiger partial charge in [0.15, 0.2) is 5.82 Å². The van der Waals surface area contributed by atoms with E-state index in [1.807, 2.05) is 42.2 Å². The van der Waals surface area contributed by atoms with Gasteiger partial charge in [0.05, 0.1) is 12.6 Å². The maximum absolute atomic E-state index is 13.0. The lowest BCUT2D eigenvalue weighted by Crippen LogP contribution is -2.32. The number of aromatic nitrogens is 4. The number of carbonyl (C=O) groups is 1. The fourth-order valence-corrected chi connectivity index (χ4v) is 3.48. The minimum Gasteiger partial charge on any atom is -0.367 e. The van der Waals surface area contributed by atoms with Crippen LogP contribution in [0.5, 0.6) is 0 Å². The molecule has 1 atom stereocenters. The van der Waals surface area contributed by atoms with Crippen molar-refractivity contribution >= 4 is 5.91 Å². The van der Waals surface area contributed by atoms with E-state index in [9.17, 15) is 4.79 Å².